The highest BCUT2D eigenvalue weighted by atomic mass is 79.9. The molecule has 3 nitrogen and oxygen atoms in total. The van der Waals surface area contributed by atoms with E-state index in [9.17, 15) is 4.79 Å². The molecule has 4 heteroatoms. The van der Waals surface area contributed by atoms with Crippen molar-refractivity contribution in [3.63, 3.8) is 0 Å². The van der Waals surface area contributed by atoms with Gasteiger partial charge in [0.2, 0.25) is 0 Å². The Kier molecular flexibility index (Phi) is 3.45. The topological polar surface area (TPSA) is 46.5 Å². The number of carbonyl (C=O) groups excluding carboxylic acids is 1. The molecule has 0 bridgehead atoms. The summed E-state index contributed by atoms with van der Waals surface area (Å²) < 4.78 is 5.64. The number of hydrogen-bond acceptors (Lipinski definition) is 3. The summed E-state index contributed by atoms with van der Waals surface area (Å²) >= 11 is 3.26. The van der Waals surface area contributed by atoms with Crippen LogP contribution in [0.25, 0.3) is 0 Å². The van der Waals surface area contributed by atoms with Crippen LogP contribution in [-0.2, 0) is 11.4 Å². The van der Waals surface area contributed by atoms with Crippen LogP contribution in [0.4, 0.5) is 0 Å². The lowest BCUT2D eigenvalue weighted by atomic mass is 10.2. The third kappa shape index (κ3) is 2.82. The van der Waals surface area contributed by atoms with Gasteiger partial charge in [-0.3, -0.25) is 4.79 Å². The molecule has 0 spiro atoms. The van der Waals surface area contributed by atoms with Crippen LogP contribution in [0.2, 0.25) is 0 Å². The molecule has 0 aliphatic heterocycles. The molecule has 13 heavy (non-hydrogen) atoms. The number of benzene rings is 1. The monoisotopic (exact) mass is 244 g/mol. The highest BCUT2D eigenvalue weighted by Crippen LogP contribution is 2.22. The first kappa shape index (κ1) is 10.2. The van der Waals surface area contributed by atoms with Gasteiger partial charge in [0.1, 0.15) is 5.75 Å². The van der Waals surface area contributed by atoms with Crippen LogP contribution in [0.3, 0.4) is 0 Å². The summed E-state index contributed by atoms with van der Waals surface area (Å²) in [5.74, 6) is 0.0750. The number of ether oxygens (including phenoxy) is 1. The van der Waals surface area contributed by atoms with Gasteiger partial charge in [0, 0.05) is 11.4 Å². The van der Waals surface area contributed by atoms with Gasteiger partial charge in [-0.1, -0.05) is 15.9 Å². The lowest BCUT2D eigenvalue weighted by Crippen LogP contribution is -2.01. The molecule has 1 aromatic rings. The van der Waals surface area contributed by atoms with Gasteiger partial charge in [0.25, 0.3) is 0 Å². The fraction of sp³-hybridized carbons (Fsp3) is 0.222. The lowest BCUT2D eigenvalue weighted by molar-refractivity contribution is -0.131. The largest absolute Gasteiger partial charge is 0.427 e. The molecule has 70 valence electrons. The van der Waals surface area contributed by atoms with Crippen molar-refractivity contribution in [3.05, 3.63) is 28.2 Å². The average Bonchev–Trinajstić information content (AvgIpc) is 2.07. The standard InChI is InChI=1S/C9H9BrO3/c1-6(12)13-8-2-3-9(10)7(4-8)5-11/h2-4,11H,5H2,1H3. The molecule has 1 N–H and O–H groups in total. The van der Waals surface area contributed by atoms with E-state index in [1.54, 1.807) is 18.2 Å². The fourth-order valence-electron chi connectivity index (χ4n) is 0.902. The Morgan fingerprint density at radius 1 is 1.62 bits per heavy atom. The second-order valence-corrected chi connectivity index (χ2v) is 3.36. The Bertz CT molecular complexity index is 323. The summed E-state index contributed by atoms with van der Waals surface area (Å²) in [7, 11) is 0. The van der Waals surface area contributed by atoms with Crippen LogP contribution < -0.4 is 4.74 Å². The molecule has 0 heterocycles. The number of halogens is 1. The zero-order valence-corrected chi connectivity index (χ0v) is 8.67. The van der Waals surface area contributed by atoms with Crippen LogP contribution in [0, 0.1) is 0 Å². The van der Waals surface area contributed by atoms with E-state index in [-0.39, 0.29) is 12.6 Å². The smallest absolute Gasteiger partial charge is 0.308 e. The first-order valence-corrected chi connectivity index (χ1v) is 4.50. The van der Waals surface area contributed by atoms with Crippen LogP contribution in [-0.4, -0.2) is 11.1 Å². The molecule has 0 atom stereocenters. The van der Waals surface area contributed by atoms with E-state index in [2.05, 4.69) is 15.9 Å². The van der Waals surface area contributed by atoms with Crippen LogP contribution in [0.15, 0.2) is 22.7 Å². The Morgan fingerprint density at radius 2 is 2.31 bits per heavy atom. The van der Waals surface area contributed by atoms with E-state index in [4.69, 9.17) is 9.84 Å². The third-order valence-corrected chi connectivity index (χ3v) is 2.22. The normalized spacial score (nSPS) is 9.77. The molecular formula is C9H9BrO3. The molecule has 0 fully saturated rings. The molecule has 0 aliphatic carbocycles. The van der Waals surface area contributed by atoms with E-state index in [1.165, 1.54) is 6.92 Å². The van der Waals surface area contributed by atoms with Crippen molar-refractivity contribution >= 4 is 21.9 Å². The van der Waals surface area contributed by atoms with Gasteiger partial charge in [-0.2, -0.15) is 0 Å². The molecular weight excluding hydrogens is 236 g/mol. The first-order chi connectivity index (χ1) is 6.13. The second kappa shape index (κ2) is 4.39. The molecule has 0 amide bonds. The van der Waals surface area contributed by atoms with Gasteiger partial charge in [-0.15, -0.1) is 0 Å². The van der Waals surface area contributed by atoms with E-state index in [1.807, 2.05) is 0 Å². The van der Waals surface area contributed by atoms with Crippen molar-refractivity contribution in [1.82, 2.24) is 0 Å². The quantitative estimate of drug-likeness (QED) is 0.639. The van der Waals surface area contributed by atoms with E-state index in [0.717, 1.165) is 4.47 Å². The van der Waals surface area contributed by atoms with Gasteiger partial charge in [0.15, 0.2) is 0 Å². The maximum atomic E-state index is 10.6. The minimum Gasteiger partial charge on any atom is -0.427 e. The van der Waals surface area contributed by atoms with Gasteiger partial charge in [-0.25, -0.2) is 0 Å². The van der Waals surface area contributed by atoms with Gasteiger partial charge in [0.05, 0.1) is 6.61 Å². The minimum atomic E-state index is -0.369. The van der Waals surface area contributed by atoms with Crippen molar-refractivity contribution in [2.45, 2.75) is 13.5 Å². The highest BCUT2D eigenvalue weighted by Gasteiger charge is 2.02. The summed E-state index contributed by atoms with van der Waals surface area (Å²) in [5, 5.41) is 8.91. The zero-order valence-electron chi connectivity index (χ0n) is 7.08. The van der Waals surface area contributed by atoms with Crippen LogP contribution in [0.5, 0.6) is 5.75 Å². The summed E-state index contributed by atoms with van der Waals surface area (Å²) in [4.78, 5) is 10.6. The molecule has 0 radical (unpaired) electrons. The van der Waals surface area contributed by atoms with Gasteiger partial charge < -0.3 is 9.84 Å². The molecule has 0 aliphatic rings. The van der Waals surface area contributed by atoms with Crippen LogP contribution >= 0.6 is 15.9 Å². The van der Waals surface area contributed by atoms with Crippen molar-refractivity contribution in [2.24, 2.45) is 0 Å². The summed E-state index contributed by atoms with van der Waals surface area (Å²) in [6.07, 6.45) is 0. The number of rotatable bonds is 2. The number of aliphatic hydroxyl groups excluding tert-OH is 1. The Balaban J connectivity index is 2.92. The molecule has 0 aromatic heterocycles. The Labute approximate surface area is 84.5 Å². The maximum absolute atomic E-state index is 10.6. The molecule has 0 saturated heterocycles. The number of hydrogen-bond donors (Lipinski definition) is 1. The average molecular weight is 245 g/mol. The minimum absolute atomic E-state index is 0.0876. The van der Waals surface area contributed by atoms with Gasteiger partial charge in [-0.05, 0) is 23.8 Å². The maximum Gasteiger partial charge on any atom is 0.308 e. The Hall–Kier alpha value is -0.870. The molecule has 1 aromatic carbocycles. The number of aliphatic hydroxyl groups is 1. The zero-order chi connectivity index (χ0) is 9.84. The molecule has 0 saturated carbocycles. The fourth-order valence-corrected chi connectivity index (χ4v) is 1.27. The first-order valence-electron chi connectivity index (χ1n) is 3.71. The predicted molar refractivity (Wildman–Crippen MR) is 51.4 cm³/mol. The van der Waals surface area contributed by atoms with Crippen LogP contribution in [0.1, 0.15) is 12.5 Å². The number of carbonyl (C=O) groups is 1. The molecule has 0 unspecified atom stereocenters. The highest BCUT2D eigenvalue weighted by molar-refractivity contribution is 9.10. The predicted octanol–water partition coefficient (Wildman–Crippen LogP) is 1.87. The lowest BCUT2D eigenvalue weighted by Gasteiger charge is -2.04. The van der Waals surface area contributed by atoms with Crippen molar-refractivity contribution < 1.29 is 14.6 Å². The molecule has 1 rings (SSSR count). The SMILES string of the molecule is CC(=O)Oc1ccc(Br)c(CO)c1. The third-order valence-electron chi connectivity index (χ3n) is 1.45. The summed E-state index contributed by atoms with van der Waals surface area (Å²) in [6.45, 7) is 1.25. The second-order valence-electron chi connectivity index (χ2n) is 2.50. The summed E-state index contributed by atoms with van der Waals surface area (Å²) in [6, 6.07) is 5.00. The van der Waals surface area contributed by atoms with Gasteiger partial charge >= 0.3 is 5.97 Å². The van der Waals surface area contributed by atoms with E-state index < -0.39 is 0 Å². The number of esters is 1. The Morgan fingerprint density at radius 3 is 2.85 bits per heavy atom. The van der Waals surface area contributed by atoms with Crippen molar-refractivity contribution in [3.8, 4) is 5.75 Å². The van der Waals surface area contributed by atoms with Crippen molar-refractivity contribution in [1.29, 1.82) is 0 Å². The van der Waals surface area contributed by atoms with Crippen molar-refractivity contribution in [2.75, 3.05) is 0 Å². The van der Waals surface area contributed by atoms with E-state index in [0.29, 0.717) is 11.3 Å². The van der Waals surface area contributed by atoms with E-state index >= 15 is 0 Å². The summed E-state index contributed by atoms with van der Waals surface area (Å²) in [5.41, 5.74) is 0.693.